The van der Waals surface area contributed by atoms with E-state index in [1.165, 1.54) is 49.7 Å². The van der Waals surface area contributed by atoms with E-state index >= 15 is 0 Å². The van der Waals surface area contributed by atoms with Crippen molar-refractivity contribution < 1.29 is 5.11 Å². The summed E-state index contributed by atoms with van der Waals surface area (Å²) in [5.74, 6) is 3.19. The van der Waals surface area contributed by atoms with E-state index < -0.39 is 0 Å². The lowest BCUT2D eigenvalue weighted by atomic mass is 9.78. The Morgan fingerprint density at radius 3 is 2.74 bits per heavy atom. The Labute approximate surface area is 116 Å². The van der Waals surface area contributed by atoms with Crippen LogP contribution in [0, 0.1) is 17.8 Å². The standard InChI is InChI=1S/C18H24O/c19-18(16-9-14-8-15(14)10-16)11-13-6-3-5-12-4-1-2-7-17(12)13/h1-2,4,7,13-16,18-19H,3,5-6,8-11H2. The summed E-state index contributed by atoms with van der Waals surface area (Å²) in [4.78, 5) is 0. The second-order valence-corrected chi connectivity index (χ2v) is 7.08. The van der Waals surface area contributed by atoms with Gasteiger partial charge in [-0.25, -0.2) is 0 Å². The molecule has 0 aliphatic heterocycles. The third-order valence-electron chi connectivity index (χ3n) is 5.84. The Morgan fingerprint density at radius 1 is 1.11 bits per heavy atom. The molecular formula is C18H24O. The first-order chi connectivity index (χ1) is 9.31. The minimum absolute atomic E-state index is 0.0519. The van der Waals surface area contributed by atoms with Crippen LogP contribution in [0.3, 0.4) is 0 Å². The summed E-state index contributed by atoms with van der Waals surface area (Å²) in [6, 6.07) is 8.88. The van der Waals surface area contributed by atoms with Gasteiger partial charge < -0.3 is 5.11 Å². The van der Waals surface area contributed by atoms with Crippen LogP contribution < -0.4 is 0 Å². The van der Waals surface area contributed by atoms with Crippen LogP contribution in [0.2, 0.25) is 0 Å². The van der Waals surface area contributed by atoms with Crippen molar-refractivity contribution in [3.05, 3.63) is 35.4 Å². The lowest BCUT2D eigenvalue weighted by Crippen LogP contribution is -2.23. The zero-order valence-electron chi connectivity index (χ0n) is 11.6. The predicted octanol–water partition coefficient (Wildman–Crippen LogP) is 3.90. The minimum atomic E-state index is -0.0519. The molecule has 0 bridgehead atoms. The van der Waals surface area contributed by atoms with Crippen LogP contribution in [0.5, 0.6) is 0 Å². The fourth-order valence-electron chi connectivity index (χ4n) is 4.66. The summed E-state index contributed by atoms with van der Waals surface area (Å²) in [6.07, 6.45) is 8.81. The molecule has 4 rings (SSSR count). The number of aryl methyl sites for hydroxylation is 1. The van der Waals surface area contributed by atoms with Crippen LogP contribution in [-0.2, 0) is 6.42 Å². The van der Waals surface area contributed by atoms with E-state index in [9.17, 15) is 5.11 Å². The number of hydrogen-bond acceptors (Lipinski definition) is 1. The van der Waals surface area contributed by atoms with Crippen molar-refractivity contribution in [2.45, 2.75) is 57.0 Å². The van der Waals surface area contributed by atoms with Crippen LogP contribution in [0.25, 0.3) is 0 Å². The second-order valence-electron chi connectivity index (χ2n) is 7.08. The smallest absolute Gasteiger partial charge is 0.0574 e. The molecule has 0 spiro atoms. The van der Waals surface area contributed by atoms with Crippen LogP contribution in [-0.4, -0.2) is 11.2 Å². The molecule has 2 fully saturated rings. The Hall–Kier alpha value is -0.820. The minimum Gasteiger partial charge on any atom is -0.393 e. The molecule has 0 heterocycles. The molecule has 1 aromatic carbocycles. The Bertz CT molecular complexity index is 457. The first-order valence-corrected chi connectivity index (χ1v) is 8.07. The maximum atomic E-state index is 10.6. The van der Waals surface area contributed by atoms with Gasteiger partial charge in [0.15, 0.2) is 0 Å². The van der Waals surface area contributed by atoms with Gasteiger partial charge in [0.25, 0.3) is 0 Å². The van der Waals surface area contributed by atoms with E-state index in [0.29, 0.717) is 11.8 Å². The van der Waals surface area contributed by atoms with Gasteiger partial charge in [-0.3, -0.25) is 0 Å². The van der Waals surface area contributed by atoms with Gasteiger partial charge in [-0.15, -0.1) is 0 Å². The lowest BCUT2D eigenvalue weighted by Gasteiger charge is -2.29. The maximum absolute atomic E-state index is 10.6. The highest BCUT2D eigenvalue weighted by Crippen LogP contribution is 2.55. The zero-order chi connectivity index (χ0) is 12.8. The van der Waals surface area contributed by atoms with Crippen molar-refractivity contribution >= 4 is 0 Å². The molecule has 2 saturated carbocycles. The summed E-state index contributed by atoms with van der Waals surface area (Å²) in [7, 11) is 0. The summed E-state index contributed by atoms with van der Waals surface area (Å²) < 4.78 is 0. The summed E-state index contributed by atoms with van der Waals surface area (Å²) in [5, 5.41) is 10.6. The van der Waals surface area contributed by atoms with E-state index in [1.807, 2.05) is 0 Å². The second kappa shape index (κ2) is 4.63. The highest BCUT2D eigenvalue weighted by Gasteiger charge is 2.47. The fourth-order valence-corrected chi connectivity index (χ4v) is 4.66. The summed E-state index contributed by atoms with van der Waals surface area (Å²) in [6.45, 7) is 0. The Morgan fingerprint density at radius 2 is 1.89 bits per heavy atom. The molecule has 0 saturated heterocycles. The van der Waals surface area contributed by atoms with Crippen molar-refractivity contribution in [2.24, 2.45) is 17.8 Å². The topological polar surface area (TPSA) is 20.2 Å². The number of aliphatic hydroxyl groups is 1. The number of rotatable bonds is 3. The molecular weight excluding hydrogens is 232 g/mol. The normalized spacial score (nSPS) is 37.5. The highest BCUT2D eigenvalue weighted by atomic mass is 16.3. The quantitative estimate of drug-likeness (QED) is 0.869. The highest BCUT2D eigenvalue weighted by molar-refractivity contribution is 5.32. The third-order valence-corrected chi connectivity index (χ3v) is 5.84. The van der Waals surface area contributed by atoms with Crippen LogP contribution >= 0.6 is 0 Å². The fraction of sp³-hybridized carbons (Fsp3) is 0.667. The van der Waals surface area contributed by atoms with Gasteiger partial charge in [-0.05, 0) is 79.7 Å². The maximum Gasteiger partial charge on any atom is 0.0574 e. The third kappa shape index (κ3) is 2.23. The monoisotopic (exact) mass is 256 g/mol. The lowest BCUT2D eigenvalue weighted by molar-refractivity contribution is 0.0859. The van der Waals surface area contributed by atoms with Crippen LogP contribution in [0.15, 0.2) is 24.3 Å². The van der Waals surface area contributed by atoms with Crippen molar-refractivity contribution in [2.75, 3.05) is 0 Å². The van der Waals surface area contributed by atoms with Gasteiger partial charge in [-0.2, -0.15) is 0 Å². The summed E-state index contributed by atoms with van der Waals surface area (Å²) in [5.41, 5.74) is 3.05. The van der Waals surface area contributed by atoms with Crippen LogP contribution in [0.4, 0.5) is 0 Å². The van der Waals surface area contributed by atoms with Gasteiger partial charge >= 0.3 is 0 Å². The van der Waals surface area contributed by atoms with E-state index in [2.05, 4.69) is 24.3 Å². The molecule has 102 valence electrons. The van der Waals surface area contributed by atoms with Gasteiger partial charge in [0.1, 0.15) is 0 Å². The van der Waals surface area contributed by atoms with Gasteiger partial charge in [0, 0.05) is 0 Å². The van der Waals surface area contributed by atoms with E-state index in [1.54, 1.807) is 0 Å². The van der Waals surface area contributed by atoms with E-state index in [-0.39, 0.29) is 6.10 Å². The molecule has 4 unspecified atom stereocenters. The van der Waals surface area contributed by atoms with E-state index in [4.69, 9.17) is 0 Å². The molecule has 3 aliphatic carbocycles. The zero-order valence-corrected chi connectivity index (χ0v) is 11.6. The molecule has 1 aromatic rings. The SMILES string of the molecule is OC(CC1CCCc2ccccc21)C1CC2CC2C1. The Balaban J connectivity index is 1.45. The largest absolute Gasteiger partial charge is 0.393 e. The molecule has 4 atom stereocenters. The average Bonchev–Trinajstić information content (AvgIpc) is 3.05. The number of aliphatic hydroxyl groups excluding tert-OH is 1. The molecule has 1 nitrogen and oxygen atoms in total. The van der Waals surface area contributed by atoms with Gasteiger partial charge in [0.05, 0.1) is 6.10 Å². The molecule has 0 radical (unpaired) electrons. The summed E-state index contributed by atoms with van der Waals surface area (Å²) >= 11 is 0. The molecule has 0 aromatic heterocycles. The van der Waals surface area contributed by atoms with Crippen molar-refractivity contribution in [1.29, 1.82) is 0 Å². The first kappa shape index (κ1) is 12.0. The average molecular weight is 256 g/mol. The molecule has 19 heavy (non-hydrogen) atoms. The van der Waals surface area contributed by atoms with Crippen molar-refractivity contribution in [1.82, 2.24) is 0 Å². The molecule has 1 N–H and O–H groups in total. The van der Waals surface area contributed by atoms with Crippen molar-refractivity contribution in [3.63, 3.8) is 0 Å². The first-order valence-electron chi connectivity index (χ1n) is 8.07. The molecule has 0 amide bonds. The van der Waals surface area contributed by atoms with Crippen molar-refractivity contribution in [3.8, 4) is 0 Å². The van der Waals surface area contributed by atoms with Gasteiger partial charge in [-0.1, -0.05) is 24.3 Å². The molecule has 3 aliphatic rings. The Kier molecular flexibility index (Phi) is 2.91. The number of hydrogen-bond donors (Lipinski definition) is 1. The van der Waals surface area contributed by atoms with Gasteiger partial charge in [0.2, 0.25) is 0 Å². The number of benzene rings is 1. The van der Waals surface area contributed by atoms with E-state index in [0.717, 1.165) is 18.3 Å². The molecule has 1 heteroatoms. The number of fused-ring (bicyclic) bond motifs is 2. The predicted molar refractivity (Wildman–Crippen MR) is 77.1 cm³/mol. The van der Waals surface area contributed by atoms with Crippen LogP contribution in [0.1, 0.15) is 55.6 Å².